The summed E-state index contributed by atoms with van der Waals surface area (Å²) in [6.45, 7) is 0.0424. The van der Waals surface area contributed by atoms with E-state index < -0.39 is 9.84 Å². The van der Waals surface area contributed by atoms with Crippen molar-refractivity contribution < 1.29 is 22.3 Å². The molecule has 1 amide bonds. The van der Waals surface area contributed by atoms with E-state index in [4.69, 9.17) is 4.74 Å². The summed E-state index contributed by atoms with van der Waals surface area (Å²) in [6.07, 6.45) is 4.05. The van der Waals surface area contributed by atoms with Gasteiger partial charge in [-0.05, 0) is 35.9 Å². The van der Waals surface area contributed by atoms with Gasteiger partial charge in [0.05, 0.1) is 5.75 Å². The highest BCUT2D eigenvalue weighted by Crippen LogP contribution is 2.17. The van der Waals surface area contributed by atoms with Crippen LogP contribution >= 0.6 is 0 Å². The number of carbonyl (C=O) groups is 1. The number of rotatable bonds is 7. The normalized spacial score (nSPS) is 11.4. The quantitative estimate of drug-likeness (QED) is 0.768. The Bertz CT molecular complexity index is 861. The average Bonchev–Trinajstić information content (AvgIpc) is 2.53. The van der Waals surface area contributed by atoms with E-state index in [2.05, 4.69) is 5.32 Å². The number of hydrogen-bond acceptors (Lipinski definition) is 4. The molecule has 0 aliphatic rings. The van der Waals surface area contributed by atoms with Crippen LogP contribution in [0.4, 0.5) is 10.1 Å². The van der Waals surface area contributed by atoms with Gasteiger partial charge >= 0.3 is 0 Å². The Morgan fingerprint density at radius 2 is 1.92 bits per heavy atom. The van der Waals surface area contributed by atoms with Gasteiger partial charge in [-0.3, -0.25) is 4.79 Å². The molecule has 0 unspecified atom stereocenters. The summed E-state index contributed by atoms with van der Waals surface area (Å²) < 4.78 is 40.3. The highest BCUT2D eigenvalue weighted by Gasteiger charge is 2.04. The lowest BCUT2D eigenvalue weighted by Crippen LogP contribution is -2.12. The van der Waals surface area contributed by atoms with Crippen LogP contribution in [0, 0.1) is 5.82 Å². The fraction of sp³-hybridized carbons (Fsp3) is 0.167. The fourth-order valence-electron chi connectivity index (χ4n) is 1.90. The van der Waals surface area contributed by atoms with Crippen molar-refractivity contribution in [3.8, 4) is 5.75 Å². The lowest BCUT2D eigenvalue weighted by atomic mass is 10.2. The van der Waals surface area contributed by atoms with Crippen molar-refractivity contribution in [3.63, 3.8) is 0 Å². The third-order valence-corrected chi connectivity index (χ3v) is 4.03. The van der Waals surface area contributed by atoms with Crippen molar-refractivity contribution in [2.45, 2.75) is 0 Å². The predicted molar refractivity (Wildman–Crippen MR) is 95.7 cm³/mol. The van der Waals surface area contributed by atoms with Gasteiger partial charge in [0.15, 0.2) is 9.84 Å². The molecule has 0 aromatic heterocycles. The molecule has 0 fully saturated rings. The van der Waals surface area contributed by atoms with Crippen LogP contribution in [-0.2, 0) is 14.6 Å². The van der Waals surface area contributed by atoms with E-state index in [-0.39, 0.29) is 24.1 Å². The number of amides is 1. The summed E-state index contributed by atoms with van der Waals surface area (Å²) in [6, 6.07) is 12.4. The minimum atomic E-state index is -3.09. The molecule has 0 heterocycles. The summed E-state index contributed by atoms with van der Waals surface area (Å²) in [7, 11) is -3.09. The molecular formula is C18H18FNO4S. The fourth-order valence-corrected chi connectivity index (χ4v) is 2.29. The van der Waals surface area contributed by atoms with E-state index in [1.165, 1.54) is 18.2 Å². The van der Waals surface area contributed by atoms with E-state index >= 15 is 0 Å². The molecule has 132 valence electrons. The number of carbonyl (C=O) groups excluding carboxylic acids is 1. The Morgan fingerprint density at radius 1 is 1.20 bits per heavy atom. The largest absolute Gasteiger partial charge is 0.492 e. The Balaban J connectivity index is 1.92. The molecule has 7 heteroatoms. The molecule has 0 saturated carbocycles. The van der Waals surface area contributed by atoms with Crippen LogP contribution in [0.5, 0.6) is 5.75 Å². The van der Waals surface area contributed by atoms with Crippen LogP contribution in [0.1, 0.15) is 5.56 Å². The van der Waals surface area contributed by atoms with Crippen molar-refractivity contribution >= 4 is 27.5 Å². The molecular weight excluding hydrogens is 345 g/mol. The number of halogens is 1. The smallest absolute Gasteiger partial charge is 0.248 e. The monoisotopic (exact) mass is 363 g/mol. The Kier molecular flexibility index (Phi) is 6.30. The number of nitrogens with one attached hydrogen (secondary N) is 1. The molecule has 2 aromatic rings. The Hall–Kier alpha value is -2.67. The maximum atomic E-state index is 12.8. The first-order valence-corrected chi connectivity index (χ1v) is 9.53. The molecule has 0 spiro atoms. The first kappa shape index (κ1) is 18.7. The summed E-state index contributed by atoms with van der Waals surface area (Å²) in [5.41, 5.74) is 1.22. The molecule has 0 radical (unpaired) electrons. The zero-order valence-electron chi connectivity index (χ0n) is 13.6. The van der Waals surface area contributed by atoms with Crippen LogP contribution in [0.25, 0.3) is 6.08 Å². The number of hydrogen-bond donors (Lipinski definition) is 1. The van der Waals surface area contributed by atoms with Gasteiger partial charge in [-0.25, -0.2) is 12.8 Å². The third-order valence-electron chi connectivity index (χ3n) is 3.12. The van der Waals surface area contributed by atoms with Crippen LogP contribution in [-0.4, -0.2) is 32.9 Å². The number of sulfone groups is 1. The third kappa shape index (κ3) is 7.17. The van der Waals surface area contributed by atoms with Crippen LogP contribution in [0.15, 0.2) is 54.6 Å². The second kappa shape index (κ2) is 8.43. The summed E-state index contributed by atoms with van der Waals surface area (Å²) in [4.78, 5) is 11.9. The first-order chi connectivity index (χ1) is 11.8. The predicted octanol–water partition coefficient (Wildman–Crippen LogP) is 2.90. The molecule has 0 saturated heterocycles. The van der Waals surface area contributed by atoms with Crippen molar-refractivity contribution in [3.05, 3.63) is 66.0 Å². The van der Waals surface area contributed by atoms with E-state index in [0.717, 1.165) is 6.26 Å². The molecule has 2 aromatic carbocycles. The maximum absolute atomic E-state index is 12.8. The standard InChI is InChI=1S/C18H18FNO4S/c1-25(22,23)12-11-24-17-4-2-3-16(13-17)20-18(21)10-7-14-5-8-15(19)9-6-14/h2-10,13H,11-12H2,1H3,(H,20,21)/b10-7+. The van der Waals surface area contributed by atoms with Gasteiger partial charge in [-0.15, -0.1) is 0 Å². The second-order valence-corrected chi connectivity index (χ2v) is 7.64. The molecule has 1 N–H and O–H groups in total. The summed E-state index contributed by atoms with van der Waals surface area (Å²) >= 11 is 0. The minimum absolute atomic E-state index is 0.0424. The Labute approximate surface area is 146 Å². The molecule has 2 rings (SSSR count). The van der Waals surface area contributed by atoms with E-state index in [1.807, 2.05) is 0 Å². The van der Waals surface area contributed by atoms with Gasteiger partial charge in [0.1, 0.15) is 18.2 Å². The number of anilines is 1. The van der Waals surface area contributed by atoms with Gasteiger partial charge < -0.3 is 10.1 Å². The molecule has 5 nitrogen and oxygen atoms in total. The van der Waals surface area contributed by atoms with Crippen LogP contribution in [0.2, 0.25) is 0 Å². The van der Waals surface area contributed by atoms with E-state index in [9.17, 15) is 17.6 Å². The maximum Gasteiger partial charge on any atom is 0.248 e. The molecule has 0 aliphatic carbocycles. The van der Waals surface area contributed by atoms with Crippen molar-refractivity contribution in [1.82, 2.24) is 0 Å². The number of ether oxygens (including phenoxy) is 1. The van der Waals surface area contributed by atoms with Gasteiger partial charge in [0.2, 0.25) is 5.91 Å². The van der Waals surface area contributed by atoms with Crippen molar-refractivity contribution in [2.75, 3.05) is 23.9 Å². The minimum Gasteiger partial charge on any atom is -0.492 e. The van der Waals surface area contributed by atoms with Gasteiger partial charge in [-0.1, -0.05) is 18.2 Å². The lowest BCUT2D eigenvalue weighted by molar-refractivity contribution is -0.111. The van der Waals surface area contributed by atoms with E-state index in [0.29, 0.717) is 17.0 Å². The van der Waals surface area contributed by atoms with Gasteiger partial charge in [-0.2, -0.15) is 0 Å². The second-order valence-electron chi connectivity index (χ2n) is 5.38. The van der Waals surface area contributed by atoms with Crippen LogP contribution in [0.3, 0.4) is 0 Å². The van der Waals surface area contributed by atoms with Crippen LogP contribution < -0.4 is 10.1 Å². The number of benzene rings is 2. The molecule has 0 atom stereocenters. The van der Waals surface area contributed by atoms with E-state index in [1.54, 1.807) is 42.5 Å². The zero-order valence-corrected chi connectivity index (χ0v) is 14.4. The molecule has 0 aliphatic heterocycles. The average molecular weight is 363 g/mol. The summed E-state index contributed by atoms with van der Waals surface area (Å²) in [5.74, 6) is -0.305. The highest BCUT2D eigenvalue weighted by atomic mass is 32.2. The Morgan fingerprint density at radius 3 is 2.60 bits per heavy atom. The SMILES string of the molecule is CS(=O)(=O)CCOc1cccc(NC(=O)/C=C/c2ccc(F)cc2)c1. The molecule has 25 heavy (non-hydrogen) atoms. The highest BCUT2D eigenvalue weighted by molar-refractivity contribution is 7.90. The van der Waals surface area contributed by atoms with Gasteiger partial charge in [0, 0.05) is 24.1 Å². The van der Waals surface area contributed by atoms with Crippen molar-refractivity contribution in [1.29, 1.82) is 0 Å². The topological polar surface area (TPSA) is 72.5 Å². The zero-order chi connectivity index (χ0) is 18.3. The first-order valence-electron chi connectivity index (χ1n) is 7.47. The lowest BCUT2D eigenvalue weighted by Gasteiger charge is -2.08. The van der Waals surface area contributed by atoms with Gasteiger partial charge in [0.25, 0.3) is 0 Å². The molecule has 0 bridgehead atoms. The summed E-state index contributed by atoms with van der Waals surface area (Å²) in [5, 5.41) is 2.67. The van der Waals surface area contributed by atoms with Crippen molar-refractivity contribution in [2.24, 2.45) is 0 Å².